The van der Waals surface area contributed by atoms with Crippen LogP contribution in [-0.4, -0.2) is 41.7 Å². The van der Waals surface area contributed by atoms with E-state index in [0.717, 1.165) is 4.90 Å². The minimum Gasteiger partial charge on any atom is -0.382 e. The van der Waals surface area contributed by atoms with Crippen LogP contribution in [-0.2, 0) is 14.9 Å². The lowest BCUT2D eigenvalue weighted by Crippen LogP contribution is -2.34. The average Bonchev–Trinajstić information content (AvgIpc) is 2.64. The van der Waals surface area contributed by atoms with Crippen molar-refractivity contribution in [3.05, 3.63) is 18.2 Å². The fraction of sp³-hybridized carbons (Fsp3) is 0.538. The van der Waals surface area contributed by atoms with Gasteiger partial charge in [-0.2, -0.15) is 0 Å². The van der Waals surface area contributed by atoms with Gasteiger partial charge in [0.15, 0.2) is 0 Å². The van der Waals surface area contributed by atoms with Crippen LogP contribution in [0.2, 0.25) is 0 Å². The number of carbonyl (C=O) groups is 2. The molecule has 1 saturated heterocycles. The summed E-state index contributed by atoms with van der Waals surface area (Å²) in [6.45, 7) is 6.11. The molecule has 0 aromatic carbocycles. The Kier molecular flexibility index (Phi) is 3.71. The van der Waals surface area contributed by atoms with E-state index in [2.05, 4.69) is 15.3 Å². The molecule has 1 atom stereocenters. The van der Waals surface area contributed by atoms with E-state index < -0.39 is 12.1 Å². The molecule has 0 radical (unpaired) electrons. The molecular formula is C13H18N4O3. The molecule has 0 bridgehead atoms. The zero-order valence-corrected chi connectivity index (χ0v) is 12.0. The molecule has 1 fully saturated rings. The van der Waals surface area contributed by atoms with Gasteiger partial charge >= 0.3 is 6.03 Å². The summed E-state index contributed by atoms with van der Waals surface area (Å²) in [5.74, 6) is 0.297. The van der Waals surface area contributed by atoms with Crippen LogP contribution in [0.15, 0.2) is 12.4 Å². The molecule has 7 nitrogen and oxygen atoms in total. The zero-order chi connectivity index (χ0) is 14.9. The molecule has 0 unspecified atom stereocenters. The smallest absolute Gasteiger partial charge is 0.329 e. The second-order valence-electron chi connectivity index (χ2n) is 5.65. The molecule has 1 aliphatic heterocycles. The van der Waals surface area contributed by atoms with Gasteiger partial charge in [0.05, 0.1) is 24.7 Å². The van der Waals surface area contributed by atoms with Gasteiger partial charge < -0.3 is 10.1 Å². The Hall–Kier alpha value is -2.02. The molecule has 20 heavy (non-hydrogen) atoms. The third-order valence-corrected chi connectivity index (χ3v) is 2.92. The van der Waals surface area contributed by atoms with Gasteiger partial charge in [0.2, 0.25) is 0 Å². The predicted octanol–water partition coefficient (Wildman–Crippen LogP) is 0.845. The monoisotopic (exact) mass is 278 g/mol. The van der Waals surface area contributed by atoms with Crippen molar-refractivity contribution in [3.8, 4) is 0 Å². The van der Waals surface area contributed by atoms with E-state index in [-0.39, 0.29) is 17.9 Å². The molecule has 2 heterocycles. The standard InChI is InChI=1S/C13H18N4O3/c1-13(2,3)11-14-5-8(6-15-11)17-10(18)9(7-20-4)16-12(17)19/h5-6,9H,7H2,1-4H3,(H,16,19)/t9-/m0/s1. The average molecular weight is 278 g/mol. The number of nitrogens with zero attached hydrogens (tertiary/aromatic N) is 3. The summed E-state index contributed by atoms with van der Waals surface area (Å²) in [5, 5.41) is 2.55. The Morgan fingerprint density at radius 2 is 1.90 bits per heavy atom. The van der Waals surface area contributed by atoms with Gasteiger partial charge in [0.25, 0.3) is 5.91 Å². The normalized spacial score (nSPS) is 19.4. The van der Waals surface area contributed by atoms with Crippen molar-refractivity contribution in [3.63, 3.8) is 0 Å². The molecule has 7 heteroatoms. The van der Waals surface area contributed by atoms with Gasteiger partial charge in [-0.3, -0.25) is 4.79 Å². The number of hydrogen-bond donors (Lipinski definition) is 1. The molecule has 2 rings (SSSR count). The van der Waals surface area contributed by atoms with Crippen molar-refractivity contribution in [2.24, 2.45) is 0 Å². The molecule has 108 valence electrons. The van der Waals surface area contributed by atoms with Crippen molar-refractivity contribution in [2.45, 2.75) is 32.2 Å². The van der Waals surface area contributed by atoms with E-state index in [4.69, 9.17) is 4.74 Å². The van der Waals surface area contributed by atoms with Crippen LogP contribution in [0.25, 0.3) is 0 Å². The number of urea groups is 1. The number of methoxy groups -OCH3 is 1. The van der Waals surface area contributed by atoms with Crippen molar-refractivity contribution >= 4 is 17.6 Å². The highest BCUT2D eigenvalue weighted by molar-refractivity contribution is 6.21. The first-order valence-corrected chi connectivity index (χ1v) is 6.30. The molecule has 1 aliphatic rings. The molecule has 0 aliphatic carbocycles. The molecule has 1 aromatic rings. The number of ether oxygens (including phenoxy) is 1. The van der Waals surface area contributed by atoms with Crippen molar-refractivity contribution < 1.29 is 14.3 Å². The second kappa shape index (κ2) is 5.16. The van der Waals surface area contributed by atoms with E-state index in [1.807, 2.05) is 20.8 Å². The van der Waals surface area contributed by atoms with Crippen LogP contribution < -0.4 is 10.2 Å². The van der Waals surface area contributed by atoms with Gasteiger partial charge in [-0.05, 0) is 0 Å². The Bertz CT molecular complexity index is 521. The first kappa shape index (κ1) is 14.4. The molecular weight excluding hydrogens is 260 g/mol. The number of aromatic nitrogens is 2. The van der Waals surface area contributed by atoms with Crippen LogP contribution in [0.5, 0.6) is 0 Å². The lowest BCUT2D eigenvalue weighted by molar-refractivity contribution is -0.119. The fourth-order valence-electron chi connectivity index (χ4n) is 1.88. The Balaban J connectivity index is 2.24. The Morgan fingerprint density at radius 1 is 1.30 bits per heavy atom. The highest BCUT2D eigenvalue weighted by atomic mass is 16.5. The van der Waals surface area contributed by atoms with Crippen molar-refractivity contribution in [2.75, 3.05) is 18.6 Å². The number of amides is 3. The number of carbonyl (C=O) groups excluding carboxylic acids is 2. The number of hydrogen-bond acceptors (Lipinski definition) is 5. The minimum absolute atomic E-state index is 0.141. The van der Waals surface area contributed by atoms with Gasteiger partial charge in [-0.25, -0.2) is 19.7 Å². The third kappa shape index (κ3) is 2.62. The zero-order valence-electron chi connectivity index (χ0n) is 12.0. The predicted molar refractivity (Wildman–Crippen MR) is 72.4 cm³/mol. The number of nitrogens with one attached hydrogen (secondary N) is 1. The summed E-state index contributed by atoms with van der Waals surface area (Å²) < 4.78 is 4.90. The van der Waals surface area contributed by atoms with E-state index >= 15 is 0 Å². The number of anilines is 1. The van der Waals surface area contributed by atoms with E-state index in [1.54, 1.807) is 0 Å². The molecule has 1 aromatic heterocycles. The van der Waals surface area contributed by atoms with Gasteiger partial charge in [-0.1, -0.05) is 20.8 Å². The van der Waals surface area contributed by atoms with Crippen LogP contribution in [0.3, 0.4) is 0 Å². The first-order valence-electron chi connectivity index (χ1n) is 6.30. The highest BCUT2D eigenvalue weighted by Gasteiger charge is 2.39. The molecule has 3 amide bonds. The van der Waals surface area contributed by atoms with Crippen LogP contribution in [0, 0.1) is 0 Å². The van der Waals surface area contributed by atoms with Gasteiger partial charge in [0, 0.05) is 12.5 Å². The summed E-state index contributed by atoms with van der Waals surface area (Å²) in [7, 11) is 1.48. The van der Waals surface area contributed by atoms with Crippen LogP contribution in [0.1, 0.15) is 26.6 Å². The summed E-state index contributed by atoms with van der Waals surface area (Å²) in [6.07, 6.45) is 2.97. The first-order chi connectivity index (χ1) is 9.34. The summed E-state index contributed by atoms with van der Waals surface area (Å²) >= 11 is 0. The summed E-state index contributed by atoms with van der Waals surface area (Å²) in [4.78, 5) is 33.4. The fourth-order valence-corrected chi connectivity index (χ4v) is 1.88. The maximum absolute atomic E-state index is 12.1. The SMILES string of the molecule is COC[C@@H]1NC(=O)N(c2cnc(C(C)(C)C)nc2)C1=O. The molecule has 0 spiro atoms. The van der Waals surface area contributed by atoms with E-state index in [1.165, 1.54) is 19.5 Å². The van der Waals surface area contributed by atoms with Crippen LogP contribution in [0.4, 0.5) is 10.5 Å². The maximum Gasteiger partial charge on any atom is 0.329 e. The van der Waals surface area contributed by atoms with Crippen molar-refractivity contribution in [1.29, 1.82) is 0 Å². The van der Waals surface area contributed by atoms with Crippen LogP contribution >= 0.6 is 0 Å². The van der Waals surface area contributed by atoms with Crippen molar-refractivity contribution in [1.82, 2.24) is 15.3 Å². The Morgan fingerprint density at radius 3 is 2.40 bits per heavy atom. The molecule has 0 saturated carbocycles. The third-order valence-electron chi connectivity index (χ3n) is 2.92. The van der Waals surface area contributed by atoms with E-state index in [9.17, 15) is 9.59 Å². The van der Waals surface area contributed by atoms with Gasteiger partial charge in [0.1, 0.15) is 11.9 Å². The second-order valence-corrected chi connectivity index (χ2v) is 5.65. The minimum atomic E-state index is -0.658. The lowest BCUT2D eigenvalue weighted by Gasteiger charge is -2.17. The van der Waals surface area contributed by atoms with Gasteiger partial charge in [-0.15, -0.1) is 0 Å². The summed E-state index contributed by atoms with van der Waals surface area (Å²) in [5.41, 5.74) is 0.174. The topological polar surface area (TPSA) is 84.4 Å². The lowest BCUT2D eigenvalue weighted by atomic mass is 9.96. The largest absolute Gasteiger partial charge is 0.382 e. The number of imide groups is 1. The Labute approximate surface area is 117 Å². The maximum atomic E-state index is 12.1. The number of rotatable bonds is 3. The molecule has 1 N–H and O–H groups in total. The quantitative estimate of drug-likeness (QED) is 0.828. The summed E-state index contributed by atoms with van der Waals surface area (Å²) in [6, 6.07) is -1.14. The van der Waals surface area contributed by atoms with E-state index in [0.29, 0.717) is 11.5 Å². The highest BCUT2D eigenvalue weighted by Crippen LogP contribution is 2.22.